The standard InChI is InChI=1S/C11H13IO2/c1-11(2,14-3)10(13)8-4-6-9(12)7-5-8/h4-7H,1-3H3. The van der Waals surface area contributed by atoms with Gasteiger partial charge >= 0.3 is 0 Å². The summed E-state index contributed by atoms with van der Waals surface area (Å²) in [6.07, 6.45) is 0. The van der Waals surface area contributed by atoms with Gasteiger partial charge in [-0.2, -0.15) is 0 Å². The quantitative estimate of drug-likeness (QED) is 0.634. The molecule has 14 heavy (non-hydrogen) atoms. The van der Waals surface area contributed by atoms with Crippen molar-refractivity contribution in [3.63, 3.8) is 0 Å². The van der Waals surface area contributed by atoms with E-state index in [0.717, 1.165) is 3.57 Å². The summed E-state index contributed by atoms with van der Waals surface area (Å²) in [5.41, 5.74) is -0.0514. The van der Waals surface area contributed by atoms with Crippen LogP contribution in [-0.4, -0.2) is 18.5 Å². The van der Waals surface area contributed by atoms with E-state index >= 15 is 0 Å². The number of ketones is 1. The molecule has 0 atom stereocenters. The van der Waals surface area contributed by atoms with Gasteiger partial charge in [0.15, 0.2) is 5.78 Å². The van der Waals surface area contributed by atoms with Gasteiger partial charge < -0.3 is 4.74 Å². The van der Waals surface area contributed by atoms with Crippen LogP contribution >= 0.6 is 22.6 Å². The molecule has 0 N–H and O–H groups in total. The van der Waals surface area contributed by atoms with Gasteiger partial charge in [-0.3, -0.25) is 4.79 Å². The first-order valence-corrected chi connectivity index (χ1v) is 5.41. The zero-order valence-electron chi connectivity index (χ0n) is 8.50. The molecule has 0 radical (unpaired) electrons. The van der Waals surface area contributed by atoms with Crippen molar-refractivity contribution in [3.8, 4) is 0 Å². The van der Waals surface area contributed by atoms with Gasteiger partial charge in [-0.1, -0.05) is 12.1 Å². The second-order valence-electron chi connectivity index (χ2n) is 3.55. The van der Waals surface area contributed by atoms with Gasteiger partial charge in [0.25, 0.3) is 0 Å². The van der Waals surface area contributed by atoms with Crippen molar-refractivity contribution in [2.75, 3.05) is 7.11 Å². The number of carbonyl (C=O) groups is 1. The molecule has 0 aromatic heterocycles. The first-order valence-electron chi connectivity index (χ1n) is 4.33. The van der Waals surface area contributed by atoms with Gasteiger partial charge in [-0.05, 0) is 48.6 Å². The molecule has 2 nitrogen and oxygen atoms in total. The Morgan fingerprint density at radius 2 is 1.79 bits per heavy atom. The van der Waals surface area contributed by atoms with Crippen LogP contribution in [0.1, 0.15) is 24.2 Å². The summed E-state index contributed by atoms with van der Waals surface area (Å²) in [5.74, 6) is 0.0106. The second kappa shape index (κ2) is 4.40. The molecule has 1 aromatic carbocycles. The SMILES string of the molecule is COC(C)(C)C(=O)c1ccc(I)cc1. The Morgan fingerprint density at radius 1 is 1.29 bits per heavy atom. The van der Waals surface area contributed by atoms with E-state index in [0.29, 0.717) is 5.56 Å². The maximum absolute atomic E-state index is 11.9. The van der Waals surface area contributed by atoms with Crippen LogP contribution < -0.4 is 0 Å². The summed E-state index contributed by atoms with van der Waals surface area (Å²) in [6, 6.07) is 7.48. The Bertz CT molecular complexity index is 328. The smallest absolute Gasteiger partial charge is 0.194 e. The number of ether oxygens (including phenoxy) is 1. The molecule has 0 bridgehead atoms. The average molecular weight is 304 g/mol. The lowest BCUT2D eigenvalue weighted by atomic mass is 9.97. The number of hydrogen-bond donors (Lipinski definition) is 0. The summed E-state index contributed by atoms with van der Waals surface area (Å²) in [7, 11) is 1.55. The Hall–Kier alpha value is -0.420. The largest absolute Gasteiger partial charge is 0.371 e. The monoisotopic (exact) mass is 304 g/mol. The lowest BCUT2D eigenvalue weighted by Crippen LogP contribution is -2.33. The van der Waals surface area contributed by atoms with E-state index in [9.17, 15) is 4.79 Å². The molecule has 0 aliphatic carbocycles. The lowest BCUT2D eigenvalue weighted by Gasteiger charge is -2.21. The van der Waals surface area contributed by atoms with Gasteiger partial charge in [0.1, 0.15) is 5.60 Å². The van der Waals surface area contributed by atoms with Gasteiger partial charge in [0.05, 0.1) is 0 Å². The minimum Gasteiger partial charge on any atom is -0.371 e. The van der Waals surface area contributed by atoms with Crippen molar-refractivity contribution in [2.24, 2.45) is 0 Å². The van der Waals surface area contributed by atoms with Crippen molar-refractivity contribution in [1.82, 2.24) is 0 Å². The topological polar surface area (TPSA) is 26.3 Å². The van der Waals surface area contributed by atoms with Crippen LogP contribution in [0.25, 0.3) is 0 Å². The maximum Gasteiger partial charge on any atom is 0.194 e. The molecule has 0 saturated heterocycles. The fourth-order valence-corrected chi connectivity index (χ4v) is 1.40. The highest BCUT2D eigenvalue weighted by atomic mass is 127. The van der Waals surface area contributed by atoms with E-state index in [1.807, 2.05) is 24.3 Å². The van der Waals surface area contributed by atoms with Crippen LogP contribution in [0.15, 0.2) is 24.3 Å². The van der Waals surface area contributed by atoms with E-state index in [2.05, 4.69) is 22.6 Å². The molecule has 0 saturated carbocycles. The number of methoxy groups -OCH3 is 1. The fourth-order valence-electron chi connectivity index (χ4n) is 1.04. The van der Waals surface area contributed by atoms with E-state index in [-0.39, 0.29) is 5.78 Å². The summed E-state index contributed by atoms with van der Waals surface area (Å²) in [6.45, 7) is 3.54. The van der Waals surface area contributed by atoms with Crippen LogP contribution in [0, 0.1) is 3.57 Å². The van der Waals surface area contributed by atoms with Crippen LogP contribution in [0.3, 0.4) is 0 Å². The first kappa shape index (κ1) is 11.7. The number of hydrogen-bond acceptors (Lipinski definition) is 2. The van der Waals surface area contributed by atoms with Crippen LogP contribution in [0.5, 0.6) is 0 Å². The minimum absolute atomic E-state index is 0.0106. The van der Waals surface area contributed by atoms with Gasteiger partial charge in [0.2, 0.25) is 0 Å². The predicted molar refractivity (Wildman–Crippen MR) is 64.6 cm³/mol. The molecule has 0 amide bonds. The fraction of sp³-hybridized carbons (Fsp3) is 0.364. The van der Waals surface area contributed by atoms with Crippen LogP contribution in [0.4, 0.5) is 0 Å². The molecule has 3 heteroatoms. The third-order valence-corrected chi connectivity index (χ3v) is 2.88. The zero-order chi connectivity index (χ0) is 10.8. The van der Waals surface area contributed by atoms with Crippen LogP contribution in [-0.2, 0) is 4.74 Å². The van der Waals surface area contributed by atoms with Gasteiger partial charge in [0, 0.05) is 16.2 Å². The Kier molecular flexibility index (Phi) is 3.66. The van der Waals surface area contributed by atoms with Crippen LogP contribution in [0.2, 0.25) is 0 Å². The molecule has 76 valence electrons. The highest BCUT2D eigenvalue weighted by Gasteiger charge is 2.27. The molecule has 0 unspecified atom stereocenters. The first-order chi connectivity index (χ1) is 6.47. The molecule has 0 spiro atoms. The normalized spacial score (nSPS) is 11.4. The molecular formula is C11H13IO2. The Labute approximate surface area is 97.8 Å². The van der Waals surface area contributed by atoms with Gasteiger partial charge in [-0.15, -0.1) is 0 Å². The zero-order valence-corrected chi connectivity index (χ0v) is 10.7. The highest BCUT2D eigenvalue weighted by Crippen LogP contribution is 2.17. The third kappa shape index (κ3) is 2.54. The predicted octanol–water partition coefficient (Wildman–Crippen LogP) is 2.90. The molecule has 0 aliphatic heterocycles. The Balaban J connectivity index is 2.96. The highest BCUT2D eigenvalue weighted by molar-refractivity contribution is 14.1. The average Bonchev–Trinajstić information content (AvgIpc) is 2.18. The lowest BCUT2D eigenvalue weighted by molar-refractivity contribution is 0.0228. The summed E-state index contributed by atoms with van der Waals surface area (Å²) >= 11 is 2.21. The van der Waals surface area contributed by atoms with Crippen molar-refractivity contribution in [3.05, 3.63) is 33.4 Å². The van der Waals surface area contributed by atoms with Crippen molar-refractivity contribution < 1.29 is 9.53 Å². The molecule has 0 heterocycles. The maximum atomic E-state index is 11.9. The molecule has 1 aromatic rings. The summed E-state index contributed by atoms with van der Waals surface area (Å²) in [5, 5.41) is 0. The molecule has 0 fully saturated rings. The van der Waals surface area contributed by atoms with Crippen molar-refractivity contribution >= 4 is 28.4 Å². The van der Waals surface area contributed by atoms with Crippen molar-refractivity contribution in [1.29, 1.82) is 0 Å². The molecular weight excluding hydrogens is 291 g/mol. The number of rotatable bonds is 3. The number of halogens is 1. The molecule has 0 aliphatic rings. The van der Waals surface area contributed by atoms with E-state index in [1.165, 1.54) is 0 Å². The number of Topliss-reactive ketones (excluding diaryl/α,β-unsaturated/α-hetero) is 1. The van der Waals surface area contributed by atoms with Crippen molar-refractivity contribution in [2.45, 2.75) is 19.4 Å². The van der Waals surface area contributed by atoms with E-state index in [4.69, 9.17) is 4.74 Å². The number of carbonyl (C=O) groups excluding carboxylic acids is 1. The van der Waals surface area contributed by atoms with E-state index in [1.54, 1.807) is 21.0 Å². The Morgan fingerprint density at radius 3 is 2.21 bits per heavy atom. The summed E-state index contributed by atoms with van der Waals surface area (Å²) in [4.78, 5) is 11.9. The third-order valence-electron chi connectivity index (χ3n) is 2.16. The summed E-state index contributed by atoms with van der Waals surface area (Å²) < 4.78 is 6.25. The second-order valence-corrected chi connectivity index (χ2v) is 4.80. The van der Waals surface area contributed by atoms with E-state index < -0.39 is 5.60 Å². The minimum atomic E-state index is -0.743. The van der Waals surface area contributed by atoms with Gasteiger partial charge in [-0.25, -0.2) is 0 Å². The number of benzene rings is 1. The molecule has 1 rings (SSSR count).